The summed E-state index contributed by atoms with van der Waals surface area (Å²) >= 11 is 0. The molecule has 0 N–H and O–H groups in total. The molecule has 0 radical (unpaired) electrons. The van der Waals surface area contributed by atoms with Gasteiger partial charge < -0.3 is 9.32 Å². The Balaban J connectivity index is 2.17. The van der Waals surface area contributed by atoms with Crippen molar-refractivity contribution in [2.24, 2.45) is 0 Å². The van der Waals surface area contributed by atoms with Gasteiger partial charge in [0, 0.05) is 13.1 Å². The van der Waals surface area contributed by atoms with Gasteiger partial charge in [0.2, 0.25) is 10.0 Å². The normalized spacial score (nSPS) is 12.2. The van der Waals surface area contributed by atoms with E-state index in [9.17, 15) is 12.8 Å². The van der Waals surface area contributed by atoms with Crippen LogP contribution < -0.4 is 0 Å². The van der Waals surface area contributed by atoms with Crippen LogP contribution >= 0.6 is 0 Å². The fraction of sp³-hybridized carbons (Fsp3) is 0.412. The maximum atomic E-state index is 13.0. The monoisotopic (exact) mass is 354 g/mol. The van der Waals surface area contributed by atoms with Crippen molar-refractivity contribution in [3.63, 3.8) is 0 Å². The lowest BCUT2D eigenvalue weighted by Crippen LogP contribution is -2.36. The van der Waals surface area contributed by atoms with E-state index in [1.54, 1.807) is 6.07 Å². The SMILES string of the molecule is Cc1ccc(CN(CCN(C)C)S(=O)(=O)Cc2ccc(F)cc2)o1. The smallest absolute Gasteiger partial charge is 0.218 e. The minimum Gasteiger partial charge on any atom is -0.465 e. The Labute approximate surface area is 142 Å². The van der Waals surface area contributed by atoms with Crippen molar-refractivity contribution < 1.29 is 17.2 Å². The molecule has 24 heavy (non-hydrogen) atoms. The second-order valence-corrected chi connectivity index (χ2v) is 8.00. The molecule has 0 aliphatic rings. The first kappa shape index (κ1) is 18.6. The summed E-state index contributed by atoms with van der Waals surface area (Å²) in [4.78, 5) is 1.92. The van der Waals surface area contributed by atoms with E-state index in [1.165, 1.54) is 28.6 Å². The molecular formula is C17H23FN2O3S. The molecule has 5 nitrogen and oxygen atoms in total. The molecule has 0 fully saturated rings. The third-order valence-electron chi connectivity index (χ3n) is 3.58. The van der Waals surface area contributed by atoms with Gasteiger partial charge in [-0.25, -0.2) is 12.8 Å². The Morgan fingerprint density at radius 2 is 1.71 bits per heavy atom. The van der Waals surface area contributed by atoms with E-state index in [-0.39, 0.29) is 18.1 Å². The Morgan fingerprint density at radius 3 is 2.25 bits per heavy atom. The van der Waals surface area contributed by atoms with Gasteiger partial charge in [0.25, 0.3) is 0 Å². The highest BCUT2D eigenvalue weighted by molar-refractivity contribution is 7.88. The lowest BCUT2D eigenvalue weighted by atomic mass is 10.2. The number of halogens is 1. The predicted octanol–water partition coefficient (Wildman–Crippen LogP) is 2.62. The van der Waals surface area contributed by atoms with Gasteiger partial charge in [-0.15, -0.1) is 0 Å². The second kappa shape index (κ2) is 7.92. The molecule has 0 saturated heterocycles. The molecule has 0 aliphatic heterocycles. The van der Waals surface area contributed by atoms with E-state index in [0.29, 0.717) is 24.4 Å². The molecule has 0 saturated carbocycles. The highest BCUT2D eigenvalue weighted by Crippen LogP contribution is 2.16. The number of furan rings is 1. The van der Waals surface area contributed by atoms with Crippen LogP contribution in [0.5, 0.6) is 0 Å². The summed E-state index contributed by atoms with van der Waals surface area (Å²) < 4.78 is 45.5. The summed E-state index contributed by atoms with van der Waals surface area (Å²) in [7, 11) is 0.233. The highest BCUT2D eigenvalue weighted by Gasteiger charge is 2.24. The molecule has 132 valence electrons. The topological polar surface area (TPSA) is 53.8 Å². The van der Waals surface area contributed by atoms with Crippen LogP contribution in [0.2, 0.25) is 0 Å². The van der Waals surface area contributed by atoms with E-state index in [0.717, 1.165) is 5.76 Å². The molecular weight excluding hydrogens is 331 g/mol. The molecule has 2 aromatic rings. The summed E-state index contributed by atoms with van der Waals surface area (Å²) in [6.07, 6.45) is 0. The number of hydrogen-bond donors (Lipinski definition) is 0. The first-order valence-corrected chi connectivity index (χ1v) is 9.29. The van der Waals surface area contributed by atoms with Crippen LogP contribution in [0, 0.1) is 12.7 Å². The average molecular weight is 354 g/mol. The lowest BCUT2D eigenvalue weighted by Gasteiger charge is -2.23. The van der Waals surface area contributed by atoms with Gasteiger partial charge in [0.15, 0.2) is 0 Å². The quantitative estimate of drug-likeness (QED) is 0.731. The number of aryl methyl sites for hydroxylation is 1. The van der Waals surface area contributed by atoms with Gasteiger partial charge in [0.1, 0.15) is 17.3 Å². The van der Waals surface area contributed by atoms with Crippen LogP contribution in [0.4, 0.5) is 4.39 Å². The third-order valence-corrected chi connectivity index (χ3v) is 5.38. The lowest BCUT2D eigenvalue weighted by molar-refractivity contribution is 0.310. The summed E-state index contributed by atoms with van der Waals surface area (Å²) in [5, 5.41) is 0. The van der Waals surface area contributed by atoms with E-state index in [4.69, 9.17) is 4.42 Å². The number of nitrogens with zero attached hydrogens (tertiary/aromatic N) is 2. The first-order chi connectivity index (χ1) is 11.3. The molecule has 1 aromatic heterocycles. The van der Waals surface area contributed by atoms with Crippen molar-refractivity contribution >= 4 is 10.0 Å². The van der Waals surface area contributed by atoms with Gasteiger partial charge in [-0.3, -0.25) is 0 Å². The van der Waals surface area contributed by atoms with Gasteiger partial charge in [-0.1, -0.05) is 12.1 Å². The molecule has 7 heteroatoms. The zero-order valence-corrected chi connectivity index (χ0v) is 15.0. The van der Waals surface area contributed by atoms with Crippen LogP contribution in [0.1, 0.15) is 17.1 Å². The summed E-state index contributed by atoms with van der Waals surface area (Å²) in [6.45, 7) is 2.96. The first-order valence-electron chi connectivity index (χ1n) is 7.68. The van der Waals surface area contributed by atoms with Gasteiger partial charge in [-0.2, -0.15) is 4.31 Å². The van der Waals surface area contributed by atoms with Crippen LogP contribution in [0.3, 0.4) is 0 Å². The van der Waals surface area contributed by atoms with E-state index in [2.05, 4.69) is 0 Å². The summed E-state index contributed by atoms with van der Waals surface area (Å²) in [6, 6.07) is 9.12. The minimum atomic E-state index is -3.55. The van der Waals surface area contributed by atoms with Crippen molar-refractivity contribution in [1.29, 1.82) is 0 Å². The maximum Gasteiger partial charge on any atom is 0.218 e. The Morgan fingerprint density at radius 1 is 1.04 bits per heavy atom. The zero-order valence-electron chi connectivity index (χ0n) is 14.2. The molecule has 0 aliphatic carbocycles. The highest BCUT2D eigenvalue weighted by atomic mass is 32.2. The van der Waals surface area contributed by atoms with Crippen LogP contribution in [-0.2, 0) is 22.3 Å². The Kier molecular flexibility index (Phi) is 6.15. The van der Waals surface area contributed by atoms with Crippen molar-refractivity contribution in [2.45, 2.75) is 19.2 Å². The van der Waals surface area contributed by atoms with E-state index >= 15 is 0 Å². The average Bonchev–Trinajstić information content (AvgIpc) is 2.90. The Hall–Kier alpha value is -1.70. The molecule has 0 amide bonds. The molecule has 1 aromatic carbocycles. The van der Waals surface area contributed by atoms with E-state index in [1.807, 2.05) is 32.0 Å². The van der Waals surface area contributed by atoms with Crippen LogP contribution in [0.25, 0.3) is 0 Å². The zero-order chi connectivity index (χ0) is 17.7. The maximum absolute atomic E-state index is 13.0. The number of hydrogen-bond acceptors (Lipinski definition) is 4. The largest absolute Gasteiger partial charge is 0.465 e. The standard InChI is InChI=1S/C17H23FN2O3S/c1-14-4-9-17(23-14)12-20(11-10-19(2)3)24(21,22)13-15-5-7-16(18)8-6-15/h4-9H,10-13H2,1-3H3. The number of rotatable bonds is 8. The van der Waals surface area contributed by atoms with Gasteiger partial charge in [0.05, 0.1) is 12.3 Å². The third kappa shape index (κ3) is 5.43. The molecule has 2 rings (SSSR count). The van der Waals surface area contributed by atoms with Crippen molar-refractivity contribution in [2.75, 3.05) is 27.2 Å². The Bertz CT molecular complexity index is 754. The van der Waals surface area contributed by atoms with Gasteiger partial charge >= 0.3 is 0 Å². The molecule has 0 atom stereocenters. The number of likely N-dealkylation sites (N-methyl/N-ethyl adjacent to an activating group) is 1. The molecule has 0 unspecified atom stereocenters. The second-order valence-electron chi connectivity index (χ2n) is 6.03. The summed E-state index contributed by atoms with van der Waals surface area (Å²) in [5.74, 6) is 0.800. The van der Waals surface area contributed by atoms with Crippen molar-refractivity contribution in [3.8, 4) is 0 Å². The van der Waals surface area contributed by atoms with E-state index < -0.39 is 10.0 Å². The number of benzene rings is 1. The van der Waals surface area contributed by atoms with Crippen molar-refractivity contribution in [1.82, 2.24) is 9.21 Å². The summed E-state index contributed by atoms with van der Waals surface area (Å²) in [5.41, 5.74) is 0.557. The van der Waals surface area contributed by atoms with Crippen LogP contribution in [-0.4, -0.2) is 44.8 Å². The molecule has 0 bridgehead atoms. The fourth-order valence-corrected chi connectivity index (χ4v) is 3.73. The minimum absolute atomic E-state index is 0.166. The molecule has 1 heterocycles. The fourth-order valence-electron chi connectivity index (χ4n) is 2.25. The van der Waals surface area contributed by atoms with Gasteiger partial charge in [-0.05, 0) is 50.8 Å². The predicted molar refractivity (Wildman–Crippen MR) is 91.4 cm³/mol. The number of sulfonamides is 1. The molecule has 0 spiro atoms. The van der Waals surface area contributed by atoms with Crippen molar-refractivity contribution in [3.05, 3.63) is 59.3 Å². The van der Waals surface area contributed by atoms with Crippen LogP contribution in [0.15, 0.2) is 40.8 Å².